The molecule has 0 spiro atoms. The van der Waals surface area contributed by atoms with Crippen LogP contribution in [0.15, 0.2) is 42.6 Å². The van der Waals surface area contributed by atoms with E-state index in [1.807, 2.05) is 42.6 Å². The number of nitrogens with two attached hydrogens (primary N) is 1. The Morgan fingerprint density at radius 3 is 2.74 bits per heavy atom. The van der Waals surface area contributed by atoms with Crippen LogP contribution in [0.3, 0.4) is 0 Å². The van der Waals surface area contributed by atoms with E-state index in [0.717, 1.165) is 35.8 Å². The summed E-state index contributed by atoms with van der Waals surface area (Å²) in [7, 11) is 3.71. The third kappa shape index (κ3) is 3.96. The molecule has 0 bridgehead atoms. The van der Waals surface area contributed by atoms with E-state index in [1.54, 1.807) is 7.11 Å². The van der Waals surface area contributed by atoms with Crippen molar-refractivity contribution in [3.63, 3.8) is 0 Å². The minimum atomic E-state index is 0.723. The third-order valence-electron chi connectivity index (χ3n) is 2.83. The molecule has 0 aliphatic carbocycles. The summed E-state index contributed by atoms with van der Waals surface area (Å²) < 4.78 is 5.22. The van der Waals surface area contributed by atoms with Gasteiger partial charge in [0.25, 0.3) is 0 Å². The fraction of sp³-hybridized carbons (Fsp3) is 0.267. The number of methoxy groups -OCH3 is 1. The van der Waals surface area contributed by atoms with Crippen LogP contribution < -0.4 is 10.5 Å². The van der Waals surface area contributed by atoms with Gasteiger partial charge >= 0.3 is 0 Å². The molecule has 2 rings (SSSR count). The molecule has 0 saturated carbocycles. The first-order valence-electron chi connectivity index (χ1n) is 6.19. The summed E-state index contributed by atoms with van der Waals surface area (Å²) >= 11 is 0. The molecule has 0 unspecified atom stereocenters. The molecule has 0 radical (unpaired) electrons. The average molecular weight is 257 g/mol. The Kier molecular flexibility index (Phi) is 4.36. The number of ether oxygens (including phenoxy) is 1. The van der Waals surface area contributed by atoms with Crippen LogP contribution in [0, 0.1) is 0 Å². The summed E-state index contributed by atoms with van der Waals surface area (Å²) in [6.07, 6.45) is 1.81. The van der Waals surface area contributed by atoms with Crippen molar-refractivity contribution in [3.05, 3.63) is 53.9 Å². The Morgan fingerprint density at radius 2 is 2.05 bits per heavy atom. The quantitative estimate of drug-likeness (QED) is 0.835. The summed E-state index contributed by atoms with van der Waals surface area (Å²) in [6, 6.07) is 11.7. The number of aromatic nitrogens is 1. The van der Waals surface area contributed by atoms with Crippen LogP contribution >= 0.6 is 0 Å². The number of pyridine rings is 1. The van der Waals surface area contributed by atoms with Gasteiger partial charge in [-0.15, -0.1) is 0 Å². The lowest BCUT2D eigenvalue weighted by molar-refractivity contribution is 0.314. The number of anilines is 1. The maximum Gasteiger partial charge on any atom is 0.121 e. The molecule has 4 heteroatoms. The Bertz CT molecular complexity index is 528. The zero-order valence-electron chi connectivity index (χ0n) is 11.3. The summed E-state index contributed by atoms with van der Waals surface area (Å²) in [5, 5.41) is 0. The van der Waals surface area contributed by atoms with Crippen molar-refractivity contribution in [3.8, 4) is 5.75 Å². The van der Waals surface area contributed by atoms with Crippen LogP contribution in [0.25, 0.3) is 0 Å². The number of nitrogens with zero attached hydrogens (tertiary/aromatic N) is 2. The van der Waals surface area contributed by atoms with Crippen molar-refractivity contribution in [1.82, 2.24) is 9.88 Å². The molecule has 0 atom stereocenters. The Hall–Kier alpha value is -2.07. The lowest BCUT2D eigenvalue weighted by Gasteiger charge is -2.17. The van der Waals surface area contributed by atoms with Crippen LogP contribution in [0.2, 0.25) is 0 Å². The van der Waals surface area contributed by atoms with Crippen molar-refractivity contribution in [2.24, 2.45) is 0 Å². The average Bonchev–Trinajstić information content (AvgIpc) is 2.38. The van der Waals surface area contributed by atoms with Crippen molar-refractivity contribution < 1.29 is 4.74 Å². The van der Waals surface area contributed by atoms with E-state index >= 15 is 0 Å². The molecular formula is C15H19N3O. The second-order valence-electron chi connectivity index (χ2n) is 4.61. The molecule has 100 valence electrons. The van der Waals surface area contributed by atoms with Crippen LogP contribution in [0.1, 0.15) is 11.3 Å². The maximum atomic E-state index is 5.85. The zero-order chi connectivity index (χ0) is 13.7. The first-order chi connectivity index (χ1) is 9.17. The van der Waals surface area contributed by atoms with Crippen LogP contribution in [0.5, 0.6) is 5.75 Å². The minimum absolute atomic E-state index is 0.723. The smallest absolute Gasteiger partial charge is 0.121 e. The van der Waals surface area contributed by atoms with Crippen molar-refractivity contribution in [1.29, 1.82) is 0 Å². The first-order valence-corrected chi connectivity index (χ1v) is 6.19. The molecule has 1 aromatic heterocycles. The second kappa shape index (κ2) is 6.20. The minimum Gasteiger partial charge on any atom is -0.497 e. The molecule has 0 saturated heterocycles. The van der Waals surface area contributed by atoms with Gasteiger partial charge in [-0.1, -0.05) is 6.07 Å². The van der Waals surface area contributed by atoms with Crippen LogP contribution in [-0.2, 0) is 13.1 Å². The summed E-state index contributed by atoms with van der Waals surface area (Å²) in [4.78, 5) is 6.51. The van der Waals surface area contributed by atoms with Gasteiger partial charge in [-0.25, -0.2) is 0 Å². The van der Waals surface area contributed by atoms with Gasteiger partial charge in [0.1, 0.15) is 5.75 Å². The van der Waals surface area contributed by atoms with Crippen LogP contribution in [0.4, 0.5) is 5.69 Å². The van der Waals surface area contributed by atoms with Gasteiger partial charge < -0.3 is 10.5 Å². The predicted molar refractivity (Wildman–Crippen MR) is 76.8 cm³/mol. The second-order valence-corrected chi connectivity index (χ2v) is 4.61. The number of hydrogen-bond donors (Lipinski definition) is 1. The molecule has 1 heterocycles. The molecule has 19 heavy (non-hydrogen) atoms. The summed E-state index contributed by atoms with van der Waals surface area (Å²) in [5.41, 5.74) is 8.77. The Balaban J connectivity index is 2.02. The van der Waals surface area contributed by atoms with Gasteiger partial charge in [-0.05, 0) is 36.9 Å². The fourth-order valence-corrected chi connectivity index (χ4v) is 2.03. The molecule has 4 nitrogen and oxygen atoms in total. The highest BCUT2D eigenvalue weighted by molar-refractivity contribution is 5.47. The highest BCUT2D eigenvalue weighted by Crippen LogP contribution is 2.19. The van der Waals surface area contributed by atoms with E-state index in [0.29, 0.717) is 0 Å². The van der Waals surface area contributed by atoms with E-state index in [4.69, 9.17) is 10.5 Å². The highest BCUT2D eigenvalue weighted by atomic mass is 16.5. The molecule has 0 fully saturated rings. The van der Waals surface area contributed by atoms with E-state index in [1.165, 1.54) is 0 Å². The fourth-order valence-electron chi connectivity index (χ4n) is 2.03. The molecule has 0 aliphatic heterocycles. The van der Waals surface area contributed by atoms with Gasteiger partial charge in [0, 0.05) is 31.0 Å². The largest absolute Gasteiger partial charge is 0.497 e. The van der Waals surface area contributed by atoms with Crippen molar-refractivity contribution >= 4 is 5.69 Å². The number of hydrogen-bond acceptors (Lipinski definition) is 4. The number of rotatable bonds is 5. The lowest BCUT2D eigenvalue weighted by atomic mass is 10.1. The molecular weight excluding hydrogens is 238 g/mol. The number of benzene rings is 1. The standard InChI is InChI=1S/C15H19N3O/c1-18(11-14-5-3-4-6-17-14)10-12-7-13(16)9-15(8-12)19-2/h3-9H,10-11,16H2,1-2H3. The normalized spacial score (nSPS) is 10.7. The van der Waals surface area contributed by atoms with Gasteiger partial charge in [0.2, 0.25) is 0 Å². The van der Waals surface area contributed by atoms with E-state index in [9.17, 15) is 0 Å². The van der Waals surface area contributed by atoms with Gasteiger partial charge in [-0.2, -0.15) is 0 Å². The molecule has 0 aliphatic rings. The molecule has 2 aromatic rings. The first kappa shape index (κ1) is 13.4. The van der Waals surface area contributed by atoms with Crippen molar-refractivity contribution in [2.75, 3.05) is 19.9 Å². The molecule has 0 amide bonds. The number of nitrogen functional groups attached to an aromatic ring is 1. The van der Waals surface area contributed by atoms with Crippen LogP contribution in [-0.4, -0.2) is 24.0 Å². The van der Waals surface area contributed by atoms with Gasteiger partial charge in [0.05, 0.1) is 12.8 Å². The maximum absolute atomic E-state index is 5.85. The van der Waals surface area contributed by atoms with E-state index in [2.05, 4.69) is 16.9 Å². The molecule has 1 aromatic carbocycles. The summed E-state index contributed by atoms with van der Waals surface area (Å²) in [6.45, 7) is 1.61. The zero-order valence-corrected chi connectivity index (χ0v) is 11.3. The highest BCUT2D eigenvalue weighted by Gasteiger charge is 2.05. The van der Waals surface area contributed by atoms with E-state index < -0.39 is 0 Å². The Labute approximate surface area is 113 Å². The third-order valence-corrected chi connectivity index (χ3v) is 2.83. The summed E-state index contributed by atoms with van der Waals surface area (Å²) in [5.74, 6) is 0.793. The molecule has 2 N–H and O–H groups in total. The lowest BCUT2D eigenvalue weighted by Crippen LogP contribution is -2.18. The SMILES string of the molecule is COc1cc(N)cc(CN(C)Cc2ccccn2)c1. The Morgan fingerprint density at radius 1 is 1.21 bits per heavy atom. The van der Waals surface area contributed by atoms with Crippen molar-refractivity contribution in [2.45, 2.75) is 13.1 Å². The van der Waals surface area contributed by atoms with Gasteiger partial charge in [0.15, 0.2) is 0 Å². The topological polar surface area (TPSA) is 51.4 Å². The van der Waals surface area contributed by atoms with Gasteiger partial charge in [-0.3, -0.25) is 9.88 Å². The van der Waals surface area contributed by atoms with E-state index in [-0.39, 0.29) is 0 Å². The monoisotopic (exact) mass is 257 g/mol. The predicted octanol–water partition coefficient (Wildman–Crippen LogP) is 2.30.